The molecule has 3 heterocycles. The van der Waals surface area contributed by atoms with Crippen molar-refractivity contribution in [3.05, 3.63) is 59.2 Å². The van der Waals surface area contributed by atoms with Crippen LogP contribution in [0.3, 0.4) is 0 Å². The minimum atomic E-state index is -0.229. The predicted molar refractivity (Wildman–Crippen MR) is 123 cm³/mol. The first-order chi connectivity index (χ1) is 15.5. The summed E-state index contributed by atoms with van der Waals surface area (Å²) in [6.07, 6.45) is 1.67. The average molecular weight is 454 g/mol. The molecule has 2 aromatic carbocycles. The van der Waals surface area contributed by atoms with E-state index in [1.54, 1.807) is 11.8 Å². The maximum atomic E-state index is 12.9. The van der Waals surface area contributed by atoms with Crippen LogP contribution in [0.5, 0.6) is 11.5 Å². The molecule has 168 valence electrons. The molecule has 2 aromatic rings. The number of nitrogens with one attached hydrogen (secondary N) is 2. The second-order valence-corrected chi connectivity index (χ2v) is 9.92. The number of ether oxygens (including phenoxy) is 2. The van der Waals surface area contributed by atoms with Crippen LogP contribution in [0.1, 0.15) is 34.3 Å². The van der Waals surface area contributed by atoms with Crippen LogP contribution >= 0.6 is 11.8 Å². The summed E-state index contributed by atoms with van der Waals surface area (Å²) in [4.78, 5) is 27.5. The van der Waals surface area contributed by atoms with Gasteiger partial charge in [0.1, 0.15) is 0 Å². The average Bonchev–Trinajstić information content (AvgIpc) is 3.45. The third-order valence-corrected chi connectivity index (χ3v) is 8.00. The summed E-state index contributed by atoms with van der Waals surface area (Å²) in [7, 11) is 0. The molecule has 1 atom stereocenters. The van der Waals surface area contributed by atoms with Gasteiger partial charge in [-0.2, -0.15) is 0 Å². The Kier molecular flexibility index (Phi) is 5.73. The Morgan fingerprint density at radius 3 is 2.75 bits per heavy atom. The van der Waals surface area contributed by atoms with Gasteiger partial charge in [-0.1, -0.05) is 24.3 Å². The molecule has 0 aromatic heterocycles. The van der Waals surface area contributed by atoms with Crippen LogP contribution in [0.25, 0.3) is 0 Å². The second-order valence-electron chi connectivity index (χ2n) is 8.51. The third kappa shape index (κ3) is 4.17. The van der Waals surface area contributed by atoms with Crippen molar-refractivity contribution < 1.29 is 19.1 Å². The molecule has 2 saturated heterocycles. The SMILES string of the molecule is Cc1ccccc1C(=O)N1CCC2(CC1)NC(C(=O)NCc1ccc3c(c1)OCO3)CS2. The second kappa shape index (κ2) is 8.67. The summed E-state index contributed by atoms with van der Waals surface area (Å²) < 4.78 is 10.7. The zero-order valence-electron chi connectivity index (χ0n) is 18.1. The van der Waals surface area contributed by atoms with Gasteiger partial charge in [-0.3, -0.25) is 14.9 Å². The van der Waals surface area contributed by atoms with Gasteiger partial charge in [0.05, 0.1) is 10.9 Å². The Morgan fingerprint density at radius 2 is 1.94 bits per heavy atom. The monoisotopic (exact) mass is 453 g/mol. The van der Waals surface area contributed by atoms with Gasteiger partial charge in [0.2, 0.25) is 12.7 Å². The number of carbonyl (C=O) groups is 2. The van der Waals surface area contributed by atoms with Crippen molar-refractivity contribution in [3.8, 4) is 11.5 Å². The molecular weight excluding hydrogens is 426 g/mol. The van der Waals surface area contributed by atoms with Crippen LogP contribution in [0.4, 0.5) is 0 Å². The lowest BCUT2D eigenvalue weighted by Crippen LogP contribution is -2.54. The van der Waals surface area contributed by atoms with Gasteiger partial charge < -0.3 is 19.7 Å². The predicted octanol–water partition coefficient (Wildman–Crippen LogP) is 2.68. The van der Waals surface area contributed by atoms with Crippen molar-refractivity contribution in [1.29, 1.82) is 0 Å². The molecule has 0 radical (unpaired) electrons. The molecule has 7 nitrogen and oxygen atoms in total. The quantitative estimate of drug-likeness (QED) is 0.741. The van der Waals surface area contributed by atoms with Crippen LogP contribution in [0.15, 0.2) is 42.5 Å². The summed E-state index contributed by atoms with van der Waals surface area (Å²) in [5.41, 5.74) is 2.76. The smallest absolute Gasteiger partial charge is 0.254 e. The van der Waals surface area contributed by atoms with E-state index in [2.05, 4.69) is 10.6 Å². The fraction of sp³-hybridized carbons (Fsp3) is 0.417. The number of thioether (sulfide) groups is 1. The lowest BCUT2D eigenvalue weighted by atomic mass is 10.0. The molecular formula is C24H27N3O4S. The number of piperidine rings is 1. The molecule has 0 aliphatic carbocycles. The van der Waals surface area contributed by atoms with Gasteiger partial charge in [-0.15, -0.1) is 11.8 Å². The number of nitrogens with zero attached hydrogens (tertiary/aromatic N) is 1. The number of benzene rings is 2. The molecule has 2 N–H and O–H groups in total. The number of hydrogen-bond acceptors (Lipinski definition) is 6. The van der Waals surface area contributed by atoms with Crippen molar-refractivity contribution >= 4 is 23.6 Å². The number of rotatable bonds is 4. The Labute approximate surface area is 191 Å². The first-order valence-corrected chi connectivity index (χ1v) is 11.9. The fourth-order valence-electron chi connectivity index (χ4n) is 4.49. The van der Waals surface area contributed by atoms with Crippen molar-refractivity contribution in [1.82, 2.24) is 15.5 Å². The van der Waals surface area contributed by atoms with E-state index in [0.717, 1.165) is 46.8 Å². The molecule has 2 fully saturated rings. The van der Waals surface area contributed by atoms with Gasteiger partial charge in [-0.05, 0) is 49.1 Å². The number of carbonyl (C=O) groups excluding carboxylic acids is 2. The number of amides is 2. The van der Waals surface area contributed by atoms with Gasteiger partial charge >= 0.3 is 0 Å². The minimum absolute atomic E-state index is 0.00505. The highest BCUT2D eigenvalue weighted by atomic mass is 32.2. The lowest BCUT2D eigenvalue weighted by Gasteiger charge is -2.39. The maximum Gasteiger partial charge on any atom is 0.254 e. The van der Waals surface area contributed by atoms with Crippen LogP contribution in [-0.2, 0) is 11.3 Å². The molecule has 3 aliphatic rings. The van der Waals surface area contributed by atoms with Crippen LogP contribution in [-0.4, -0.2) is 53.3 Å². The van der Waals surface area contributed by atoms with E-state index in [4.69, 9.17) is 9.47 Å². The topological polar surface area (TPSA) is 79.9 Å². The first kappa shape index (κ1) is 21.2. The summed E-state index contributed by atoms with van der Waals surface area (Å²) in [5.74, 6) is 2.29. The zero-order valence-corrected chi connectivity index (χ0v) is 18.9. The van der Waals surface area contributed by atoms with Crippen LogP contribution < -0.4 is 20.1 Å². The molecule has 1 spiro atoms. The fourth-order valence-corrected chi connectivity index (χ4v) is 5.91. The Bertz CT molecular complexity index is 1040. The number of fused-ring (bicyclic) bond motifs is 1. The number of aryl methyl sites for hydroxylation is 1. The molecule has 0 saturated carbocycles. The van der Waals surface area contributed by atoms with Gasteiger partial charge in [0.25, 0.3) is 5.91 Å². The van der Waals surface area contributed by atoms with E-state index in [9.17, 15) is 9.59 Å². The van der Waals surface area contributed by atoms with E-state index in [1.165, 1.54) is 0 Å². The van der Waals surface area contributed by atoms with Crippen molar-refractivity contribution in [2.75, 3.05) is 25.6 Å². The highest BCUT2D eigenvalue weighted by molar-refractivity contribution is 8.01. The molecule has 32 heavy (non-hydrogen) atoms. The molecule has 0 bridgehead atoms. The van der Waals surface area contributed by atoms with Crippen molar-refractivity contribution in [2.45, 2.75) is 37.2 Å². The van der Waals surface area contributed by atoms with E-state index in [0.29, 0.717) is 19.6 Å². The Morgan fingerprint density at radius 1 is 1.16 bits per heavy atom. The normalized spacial score (nSPS) is 21.0. The molecule has 5 rings (SSSR count). The van der Waals surface area contributed by atoms with E-state index >= 15 is 0 Å². The molecule has 1 unspecified atom stereocenters. The van der Waals surface area contributed by atoms with E-state index in [1.807, 2.05) is 54.3 Å². The first-order valence-electron chi connectivity index (χ1n) is 11.0. The summed E-state index contributed by atoms with van der Waals surface area (Å²) >= 11 is 1.81. The van der Waals surface area contributed by atoms with E-state index < -0.39 is 0 Å². The van der Waals surface area contributed by atoms with Gasteiger partial charge in [-0.25, -0.2) is 0 Å². The Balaban J connectivity index is 1.13. The largest absolute Gasteiger partial charge is 0.454 e. The highest BCUT2D eigenvalue weighted by Gasteiger charge is 2.44. The number of likely N-dealkylation sites (tertiary alicyclic amines) is 1. The minimum Gasteiger partial charge on any atom is -0.454 e. The number of hydrogen-bond donors (Lipinski definition) is 2. The standard InChI is InChI=1S/C24H27N3O4S/c1-16-4-2-3-5-18(16)23(29)27-10-8-24(9-11-27)26-19(14-32-24)22(28)25-13-17-6-7-20-21(12-17)31-15-30-20/h2-7,12,19,26H,8-11,13-15H2,1H3,(H,25,28). The molecule has 3 aliphatic heterocycles. The van der Waals surface area contributed by atoms with Crippen molar-refractivity contribution in [3.63, 3.8) is 0 Å². The highest BCUT2D eigenvalue weighted by Crippen LogP contribution is 2.39. The zero-order chi connectivity index (χ0) is 22.1. The van der Waals surface area contributed by atoms with Gasteiger partial charge in [0, 0.05) is 31.0 Å². The van der Waals surface area contributed by atoms with Crippen LogP contribution in [0, 0.1) is 6.92 Å². The van der Waals surface area contributed by atoms with E-state index in [-0.39, 0.29) is 29.5 Å². The molecule has 2 amide bonds. The molecule has 8 heteroatoms. The maximum absolute atomic E-state index is 12.9. The lowest BCUT2D eigenvalue weighted by molar-refractivity contribution is -0.122. The summed E-state index contributed by atoms with van der Waals surface area (Å²) in [5, 5.41) is 6.60. The van der Waals surface area contributed by atoms with Crippen molar-refractivity contribution in [2.24, 2.45) is 0 Å². The van der Waals surface area contributed by atoms with Gasteiger partial charge in [0.15, 0.2) is 11.5 Å². The Hall–Kier alpha value is -2.71. The van der Waals surface area contributed by atoms with Crippen LogP contribution in [0.2, 0.25) is 0 Å². The third-order valence-electron chi connectivity index (χ3n) is 6.42. The summed E-state index contributed by atoms with van der Waals surface area (Å²) in [6.45, 7) is 4.05. The summed E-state index contributed by atoms with van der Waals surface area (Å²) in [6, 6.07) is 13.2.